The van der Waals surface area contributed by atoms with Gasteiger partial charge in [-0.1, -0.05) is 37.3 Å². The molecule has 1 aromatic carbocycles. The van der Waals surface area contributed by atoms with Gasteiger partial charge in [-0.05, 0) is 25.3 Å². The first-order chi connectivity index (χ1) is 8.31. The molecule has 1 aliphatic heterocycles. The predicted molar refractivity (Wildman–Crippen MR) is 73.1 cm³/mol. The molecular formula is C15H24N2. The summed E-state index contributed by atoms with van der Waals surface area (Å²) in [5.41, 5.74) is 1.43. The van der Waals surface area contributed by atoms with Crippen molar-refractivity contribution in [1.29, 1.82) is 0 Å². The second-order valence-electron chi connectivity index (χ2n) is 4.97. The van der Waals surface area contributed by atoms with E-state index in [9.17, 15) is 0 Å². The van der Waals surface area contributed by atoms with E-state index in [1.165, 1.54) is 24.9 Å². The van der Waals surface area contributed by atoms with Crippen molar-refractivity contribution in [2.45, 2.75) is 38.8 Å². The van der Waals surface area contributed by atoms with Crippen LogP contribution in [0, 0.1) is 0 Å². The smallest absolute Gasteiger partial charge is 0.0320 e. The van der Waals surface area contributed by atoms with Gasteiger partial charge in [-0.3, -0.25) is 4.90 Å². The Morgan fingerprint density at radius 2 is 2.06 bits per heavy atom. The maximum absolute atomic E-state index is 3.63. The number of hydrogen-bond donors (Lipinski definition) is 1. The van der Waals surface area contributed by atoms with E-state index in [-0.39, 0.29) is 0 Å². The molecule has 1 aliphatic rings. The summed E-state index contributed by atoms with van der Waals surface area (Å²) in [5.74, 6) is 0. The molecule has 0 saturated carbocycles. The number of rotatable bonds is 3. The number of hydrogen-bond acceptors (Lipinski definition) is 2. The van der Waals surface area contributed by atoms with Gasteiger partial charge < -0.3 is 5.32 Å². The molecule has 1 aromatic rings. The van der Waals surface area contributed by atoms with Crippen molar-refractivity contribution >= 4 is 0 Å². The van der Waals surface area contributed by atoms with Gasteiger partial charge >= 0.3 is 0 Å². The molecule has 1 heterocycles. The van der Waals surface area contributed by atoms with E-state index >= 15 is 0 Å². The van der Waals surface area contributed by atoms with Gasteiger partial charge in [-0.15, -0.1) is 0 Å². The maximum Gasteiger partial charge on any atom is 0.0320 e. The van der Waals surface area contributed by atoms with Crippen molar-refractivity contribution in [1.82, 2.24) is 10.2 Å². The highest BCUT2D eigenvalue weighted by Gasteiger charge is 2.19. The van der Waals surface area contributed by atoms with Crippen LogP contribution >= 0.6 is 0 Å². The van der Waals surface area contributed by atoms with Crippen LogP contribution < -0.4 is 5.32 Å². The van der Waals surface area contributed by atoms with Gasteiger partial charge in [0.25, 0.3) is 0 Å². The minimum atomic E-state index is 0.536. The summed E-state index contributed by atoms with van der Waals surface area (Å²) in [4.78, 5) is 2.60. The third kappa shape index (κ3) is 3.30. The first kappa shape index (κ1) is 12.6. The van der Waals surface area contributed by atoms with Crippen molar-refractivity contribution in [2.75, 3.05) is 19.6 Å². The average molecular weight is 232 g/mol. The lowest BCUT2D eigenvalue weighted by atomic mass is 10.1. The molecule has 1 fully saturated rings. The largest absolute Gasteiger partial charge is 0.313 e. The van der Waals surface area contributed by atoms with Crippen LogP contribution in [0.25, 0.3) is 0 Å². The Balaban J connectivity index is 1.98. The Morgan fingerprint density at radius 1 is 1.29 bits per heavy atom. The second-order valence-corrected chi connectivity index (χ2v) is 4.97. The van der Waals surface area contributed by atoms with Crippen LogP contribution in [0.3, 0.4) is 0 Å². The van der Waals surface area contributed by atoms with Crippen molar-refractivity contribution in [3.8, 4) is 0 Å². The molecule has 2 heteroatoms. The molecular weight excluding hydrogens is 208 g/mol. The van der Waals surface area contributed by atoms with Gasteiger partial charge in [0.2, 0.25) is 0 Å². The Bertz CT molecular complexity index is 323. The molecule has 2 rings (SSSR count). The summed E-state index contributed by atoms with van der Waals surface area (Å²) in [6.45, 7) is 8.08. The van der Waals surface area contributed by atoms with Gasteiger partial charge in [-0.25, -0.2) is 0 Å². The van der Waals surface area contributed by atoms with Crippen LogP contribution in [0.5, 0.6) is 0 Å². The summed E-state index contributed by atoms with van der Waals surface area (Å²) >= 11 is 0. The Morgan fingerprint density at radius 3 is 2.76 bits per heavy atom. The molecule has 94 valence electrons. The van der Waals surface area contributed by atoms with Crippen molar-refractivity contribution in [3.05, 3.63) is 35.9 Å². The molecule has 2 nitrogen and oxygen atoms in total. The summed E-state index contributed by atoms with van der Waals surface area (Å²) in [6, 6.07) is 12.1. The van der Waals surface area contributed by atoms with E-state index in [4.69, 9.17) is 0 Å². The van der Waals surface area contributed by atoms with Crippen molar-refractivity contribution in [3.63, 3.8) is 0 Å². The van der Waals surface area contributed by atoms with Gasteiger partial charge in [0.05, 0.1) is 0 Å². The Labute approximate surface area is 105 Å². The summed E-state index contributed by atoms with van der Waals surface area (Å²) in [6.07, 6.45) is 2.52. The van der Waals surface area contributed by atoms with E-state index in [1.807, 2.05) is 0 Å². The van der Waals surface area contributed by atoms with Crippen LogP contribution in [0.1, 0.15) is 38.3 Å². The lowest BCUT2D eigenvalue weighted by molar-refractivity contribution is 0.223. The molecule has 2 atom stereocenters. The van der Waals surface area contributed by atoms with Crippen LogP contribution in [0.2, 0.25) is 0 Å². The first-order valence-corrected chi connectivity index (χ1v) is 6.83. The van der Waals surface area contributed by atoms with E-state index < -0.39 is 0 Å². The molecule has 0 spiro atoms. The minimum absolute atomic E-state index is 0.536. The highest BCUT2D eigenvalue weighted by molar-refractivity contribution is 5.18. The number of nitrogens with one attached hydrogen (secondary N) is 1. The van der Waals surface area contributed by atoms with Crippen molar-refractivity contribution < 1.29 is 0 Å². The molecule has 0 bridgehead atoms. The second kappa shape index (κ2) is 6.18. The topological polar surface area (TPSA) is 15.3 Å². The Hall–Kier alpha value is -0.860. The highest BCUT2D eigenvalue weighted by Crippen LogP contribution is 2.21. The number of benzene rings is 1. The Kier molecular flexibility index (Phi) is 4.57. The van der Waals surface area contributed by atoms with Gasteiger partial charge in [0.1, 0.15) is 0 Å². The number of nitrogens with zero attached hydrogens (tertiary/aromatic N) is 1. The lowest BCUT2D eigenvalue weighted by Gasteiger charge is -2.27. The fourth-order valence-corrected chi connectivity index (χ4v) is 2.63. The minimum Gasteiger partial charge on any atom is -0.313 e. The van der Waals surface area contributed by atoms with E-state index in [0.29, 0.717) is 12.1 Å². The third-order valence-corrected chi connectivity index (χ3v) is 3.92. The molecule has 1 N–H and O–H groups in total. The third-order valence-electron chi connectivity index (χ3n) is 3.92. The van der Waals surface area contributed by atoms with Gasteiger partial charge in [0, 0.05) is 31.7 Å². The summed E-state index contributed by atoms with van der Waals surface area (Å²) < 4.78 is 0. The zero-order valence-electron chi connectivity index (χ0n) is 11.0. The van der Waals surface area contributed by atoms with Gasteiger partial charge in [0.15, 0.2) is 0 Å². The summed E-state index contributed by atoms with van der Waals surface area (Å²) in [7, 11) is 0. The monoisotopic (exact) mass is 232 g/mol. The predicted octanol–water partition coefficient (Wildman–Crippen LogP) is 2.82. The quantitative estimate of drug-likeness (QED) is 0.862. The first-order valence-electron chi connectivity index (χ1n) is 6.83. The molecule has 0 aromatic heterocycles. The highest BCUT2D eigenvalue weighted by atomic mass is 15.2. The van der Waals surface area contributed by atoms with Crippen LogP contribution in [-0.4, -0.2) is 30.6 Å². The average Bonchev–Trinajstić information content (AvgIpc) is 2.64. The van der Waals surface area contributed by atoms with E-state index in [2.05, 4.69) is 54.4 Å². The van der Waals surface area contributed by atoms with Gasteiger partial charge in [-0.2, -0.15) is 0 Å². The normalized spacial score (nSPS) is 24.2. The fraction of sp³-hybridized carbons (Fsp3) is 0.600. The van der Waals surface area contributed by atoms with E-state index in [1.54, 1.807) is 0 Å². The molecule has 0 amide bonds. The zero-order chi connectivity index (χ0) is 12.1. The maximum atomic E-state index is 3.63. The van der Waals surface area contributed by atoms with Crippen LogP contribution in [0.4, 0.5) is 0 Å². The molecule has 0 aliphatic carbocycles. The standard InChI is InChI=1S/C15H24N2/c1-3-15-9-11-17(12-10-16-15)13(2)14-7-5-4-6-8-14/h4-8,13,15-16H,3,9-12H2,1-2H3. The van der Waals surface area contributed by atoms with Crippen LogP contribution in [-0.2, 0) is 0 Å². The van der Waals surface area contributed by atoms with Crippen molar-refractivity contribution in [2.24, 2.45) is 0 Å². The molecule has 17 heavy (non-hydrogen) atoms. The summed E-state index contributed by atoms with van der Waals surface area (Å²) in [5, 5.41) is 3.63. The van der Waals surface area contributed by atoms with E-state index in [0.717, 1.165) is 13.1 Å². The van der Waals surface area contributed by atoms with Crippen LogP contribution in [0.15, 0.2) is 30.3 Å². The molecule has 2 unspecified atom stereocenters. The molecule has 1 saturated heterocycles. The lowest BCUT2D eigenvalue weighted by Crippen LogP contribution is -2.31. The molecule has 0 radical (unpaired) electrons. The zero-order valence-corrected chi connectivity index (χ0v) is 11.0. The SMILES string of the molecule is CCC1CCN(C(C)c2ccccc2)CCN1. The fourth-order valence-electron chi connectivity index (χ4n) is 2.63.